The van der Waals surface area contributed by atoms with Gasteiger partial charge in [0, 0.05) is 25.9 Å². The Hall–Kier alpha value is -2.04. The summed E-state index contributed by atoms with van der Waals surface area (Å²) in [6.07, 6.45) is 3.35. The number of nitrogens with zero attached hydrogens (tertiary/aromatic N) is 3. The van der Waals surface area contributed by atoms with Crippen molar-refractivity contribution in [3.05, 3.63) is 24.5 Å². The highest BCUT2D eigenvalue weighted by Gasteiger charge is 2.11. The summed E-state index contributed by atoms with van der Waals surface area (Å²) in [5.74, 6) is 0.869. The summed E-state index contributed by atoms with van der Waals surface area (Å²) in [5, 5.41) is 6.78. The van der Waals surface area contributed by atoms with Crippen molar-refractivity contribution in [3.63, 3.8) is 0 Å². The van der Waals surface area contributed by atoms with E-state index >= 15 is 0 Å². The maximum atomic E-state index is 5.80. The number of H-pyrrole nitrogens is 1. The van der Waals surface area contributed by atoms with Gasteiger partial charge in [-0.05, 0) is 12.1 Å². The quantitative estimate of drug-likeness (QED) is 0.767. The maximum Gasteiger partial charge on any atom is 0.137 e. The molecule has 15 heavy (non-hydrogen) atoms. The highest BCUT2D eigenvalue weighted by molar-refractivity contribution is 5.80. The number of nitrogen functional groups attached to an aromatic ring is 1. The minimum Gasteiger partial charge on any atom is -0.396 e. The van der Waals surface area contributed by atoms with E-state index in [-0.39, 0.29) is 0 Å². The number of aromatic nitrogens is 3. The van der Waals surface area contributed by atoms with Gasteiger partial charge in [0.25, 0.3) is 0 Å². The van der Waals surface area contributed by atoms with Gasteiger partial charge in [-0.15, -0.1) is 0 Å². The molecule has 0 bridgehead atoms. The van der Waals surface area contributed by atoms with Crippen LogP contribution in [0, 0.1) is 0 Å². The highest BCUT2D eigenvalue weighted by atomic mass is 15.2. The van der Waals surface area contributed by atoms with Crippen molar-refractivity contribution in [3.8, 4) is 11.3 Å². The zero-order valence-electron chi connectivity index (χ0n) is 8.73. The lowest BCUT2D eigenvalue weighted by Crippen LogP contribution is -2.12. The molecule has 5 nitrogen and oxygen atoms in total. The van der Waals surface area contributed by atoms with E-state index in [0.717, 1.165) is 17.1 Å². The summed E-state index contributed by atoms with van der Waals surface area (Å²) in [6.45, 7) is 0. The molecule has 0 aromatic carbocycles. The molecule has 0 atom stereocenters. The molecule has 3 N–H and O–H groups in total. The van der Waals surface area contributed by atoms with E-state index < -0.39 is 0 Å². The van der Waals surface area contributed by atoms with Crippen LogP contribution in [0.3, 0.4) is 0 Å². The monoisotopic (exact) mass is 203 g/mol. The highest BCUT2D eigenvalue weighted by Crippen LogP contribution is 2.29. The van der Waals surface area contributed by atoms with Gasteiger partial charge >= 0.3 is 0 Å². The summed E-state index contributed by atoms with van der Waals surface area (Å²) in [5.41, 5.74) is 8.20. The summed E-state index contributed by atoms with van der Waals surface area (Å²) < 4.78 is 0. The Labute approximate surface area is 87.9 Å². The van der Waals surface area contributed by atoms with E-state index in [0.29, 0.717) is 5.69 Å². The fourth-order valence-corrected chi connectivity index (χ4v) is 1.46. The molecule has 2 aromatic rings. The average molecular weight is 203 g/mol. The van der Waals surface area contributed by atoms with Crippen LogP contribution in [-0.4, -0.2) is 29.3 Å². The van der Waals surface area contributed by atoms with Crippen molar-refractivity contribution in [2.75, 3.05) is 24.7 Å². The minimum atomic E-state index is 0.631. The number of aromatic amines is 1. The second-order valence-electron chi connectivity index (χ2n) is 3.47. The SMILES string of the molecule is CN(C)c1ncccc1-c1[nH]ncc1N. The van der Waals surface area contributed by atoms with Crippen LogP contribution in [0.15, 0.2) is 24.5 Å². The molecular formula is C10H13N5. The van der Waals surface area contributed by atoms with Crippen molar-refractivity contribution < 1.29 is 0 Å². The van der Waals surface area contributed by atoms with Gasteiger partial charge in [-0.1, -0.05) is 0 Å². The first-order valence-corrected chi connectivity index (χ1v) is 4.61. The molecule has 0 aliphatic heterocycles. The lowest BCUT2D eigenvalue weighted by Gasteiger charge is -2.14. The van der Waals surface area contributed by atoms with Crippen molar-refractivity contribution in [1.82, 2.24) is 15.2 Å². The number of nitrogens with two attached hydrogens (primary N) is 1. The lowest BCUT2D eigenvalue weighted by atomic mass is 10.1. The topological polar surface area (TPSA) is 70.8 Å². The molecule has 2 aromatic heterocycles. The zero-order chi connectivity index (χ0) is 10.8. The van der Waals surface area contributed by atoms with Gasteiger partial charge in [0.05, 0.1) is 17.6 Å². The molecule has 0 radical (unpaired) electrons. The average Bonchev–Trinajstić information content (AvgIpc) is 2.64. The van der Waals surface area contributed by atoms with Gasteiger partial charge in [-0.2, -0.15) is 5.10 Å². The smallest absolute Gasteiger partial charge is 0.137 e. The van der Waals surface area contributed by atoms with Crippen LogP contribution in [0.4, 0.5) is 11.5 Å². The zero-order valence-corrected chi connectivity index (χ0v) is 8.73. The van der Waals surface area contributed by atoms with Crippen LogP contribution in [0.1, 0.15) is 0 Å². The fraction of sp³-hybridized carbons (Fsp3) is 0.200. The van der Waals surface area contributed by atoms with Crippen LogP contribution >= 0.6 is 0 Å². The molecular weight excluding hydrogens is 190 g/mol. The molecule has 0 saturated carbocycles. The number of anilines is 2. The summed E-state index contributed by atoms with van der Waals surface area (Å²) in [7, 11) is 3.89. The Morgan fingerprint density at radius 3 is 2.80 bits per heavy atom. The van der Waals surface area contributed by atoms with Crippen LogP contribution in [0.5, 0.6) is 0 Å². The first-order valence-electron chi connectivity index (χ1n) is 4.61. The fourth-order valence-electron chi connectivity index (χ4n) is 1.46. The first kappa shape index (κ1) is 9.51. The number of hydrogen-bond acceptors (Lipinski definition) is 4. The third kappa shape index (κ3) is 1.63. The van der Waals surface area contributed by atoms with E-state index in [1.807, 2.05) is 31.1 Å². The minimum absolute atomic E-state index is 0.631. The normalized spacial score (nSPS) is 10.3. The van der Waals surface area contributed by atoms with Crippen molar-refractivity contribution in [2.45, 2.75) is 0 Å². The second kappa shape index (κ2) is 3.61. The van der Waals surface area contributed by atoms with Crippen LogP contribution in [0.25, 0.3) is 11.3 Å². The van der Waals surface area contributed by atoms with Crippen molar-refractivity contribution in [2.24, 2.45) is 0 Å². The van der Waals surface area contributed by atoms with Crippen molar-refractivity contribution >= 4 is 11.5 Å². The molecule has 0 amide bonds. The van der Waals surface area contributed by atoms with Gasteiger partial charge in [0.2, 0.25) is 0 Å². The standard InChI is InChI=1S/C10H13N5/c1-15(2)10-7(4-3-5-12-10)9-8(11)6-13-14-9/h3-6H,11H2,1-2H3,(H,13,14). The van der Waals surface area contributed by atoms with Gasteiger partial charge in [0.1, 0.15) is 5.82 Å². The Kier molecular flexibility index (Phi) is 2.29. The molecule has 2 rings (SSSR count). The number of hydrogen-bond donors (Lipinski definition) is 2. The van der Waals surface area contributed by atoms with E-state index in [1.54, 1.807) is 12.4 Å². The molecule has 5 heteroatoms. The summed E-state index contributed by atoms with van der Waals surface area (Å²) >= 11 is 0. The predicted molar refractivity (Wildman–Crippen MR) is 60.6 cm³/mol. The molecule has 0 fully saturated rings. The molecule has 0 aliphatic rings. The van der Waals surface area contributed by atoms with E-state index in [9.17, 15) is 0 Å². The molecule has 78 valence electrons. The molecule has 0 spiro atoms. The molecule has 0 unspecified atom stereocenters. The Balaban J connectivity index is 2.58. The predicted octanol–water partition coefficient (Wildman–Crippen LogP) is 1.12. The first-order chi connectivity index (χ1) is 7.20. The van der Waals surface area contributed by atoms with Gasteiger partial charge in [-0.3, -0.25) is 5.10 Å². The molecule has 0 saturated heterocycles. The molecule has 0 aliphatic carbocycles. The largest absolute Gasteiger partial charge is 0.396 e. The summed E-state index contributed by atoms with van der Waals surface area (Å²) in [4.78, 5) is 6.24. The van der Waals surface area contributed by atoms with Crippen molar-refractivity contribution in [1.29, 1.82) is 0 Å². The Bertz CT molecular complexity index is 460. The van der Waals surface area contributed by atoms with Gasteiger partial charge in [0.15, 0.2) is 0 Å². The van der Waals surface area contributed by atoms with Crippen LogP contribution in [0.2, 0.25) is 0 Å². The van der Waals surface area contributed by atoms with Crippen LogP contribution < -0.4 is 10.6 Å². The van der Waals surface area contributed by atoms with E-state index in [4.69, 9.17) is 5.73 Å². The van der Waals surface area contributed by atoms with E-state index in [2.05, 4.69) is 15.2 Å². The second-order valence-corrected chi connectivity index (χ2v) is 3.47. The van der Waals surface area contributed by atoms with Gasteiger partial charge < -0.3 is 10.6 Å². The summed E-state index contributed by atoms with van der Waals surface area (Å²) in [6, 6.07) is 3.84. The number of rotatable bonds is 2. The third-order valence-electron chi connectivity index (χ3n) is 2.15. The molecule has 2 heterocycles. The number of pyridine rings is 1. The third-order valence-corrected chi connectivity index (χ3v) is 2.15. The Morgan fingerprint density at radius 1 is 1.40 bits per heavy atom. The number of nitrogens with one attached hydrogen (secondary N) is 1. The van der Waals surface area contributed by atoms with Crippen LogP contribution in [-0.2, 0) is 0 Å². The van der Waals surface area contributed by atoms with Gasteiger partial charge in [-0.25, -0.2) is 4.98 Å². The maximum absolute atomic E-state index is 5.80. The van der Waals surface area contributed by atoms with E-state index in [1.165, 1.54) is 0 Å². The Morgan fingerprint density at radius 2 is 2.20 bits per heavy atom. The lowest BCUT2D eigenvalue weighted by molar-refractivity contribution is 1.05.